The monoisotopic (exact) mass is 251 g/mol. The Morgan fingerprint density at radius 1 is 1.16 bits per heavy atom. The highest BCUT2D eigenvalue weighted by Crippen LogP contribution is 2.18. The fourth-order valence-corrected chi connectivity index (χ4v) is 2.34. The molecule has 0 spiro atoms. The second-order valence-electron chi connectivity index (χ2n) is 4.71. The quantitative estimate of drug-likeness (QED) is 0.822. The van der Waals surface area contributed by atoms with Gasteiger partial charge in [0.2, 0.25) is 0 Å². The van der Waals surface area contributed by atoms with Crippen molar-refractivity contribution < 1.29 is 4.79 Å². The van der Waals surface area contributed by atoms with E-state index in [1.807, 2.05) is 35.2 Å². The third-order valence-electron chi connectivity index (χ3n) is 3.39. The molecule has 3 heteroatoms. The van der Waals surface area contributed by atoms with Crippen LogP contribution in [0.25, 0.3) is 11.3 Å². The van der Waals surface area contributed by atoms with Crippen molar-refractivity contribution in [2.24, 2.45) is 0 Å². The number of likely N-dealkylation sites (tertiary alicyclic amines) is 1. The normalized spacial score (nSPS) is 14.6. The maximum Gasteiger partial charge on any atom is 0.253 e. The van der Waals surface area contributed by atoms with Crippen molar-refractivity contribution in [1.29, 1.82) is 0 Å². The van der Waals surface area contributed by atoms with E-state index in [0.29, 0.717) is 5.56 Å². The molecule has 0 bridgehead atoms. The van der Waals surface area contributed by atoms with Crippen molar-refractivity contribution in [3.8, 4) is 11.3 Å². The lowest BCUT2D eigenvalue weighted by atomic mass is 10.1. The summed E-state index contributed by atoms with van der Waals surface area (Å²) < 4.78 is 0. The third kappa shape index (κ3) is 2.50. The molecule has 2 aromatic rings. The van der Waals surface area contributed by atoms with Crippen LogP contribution in [0.15, 0.2) is 42.6 Å². The smallest absolute Gasteiger partial charge is 0.253 e. The average molecular weight is 251 g/mol. The van der Waals surface area contributed by atoms with Crippen LogP contribution in [0.5, 0.6) is 0 Å². The van der Waals surface area contributed by atoms with Gasteiger partial charge in [0, 0.05) is 30.4 Å². The van der Waals surface area contributed by atoms with Crippen LogP contribution >= 0.6 is 0 Å². The van der Waals surface area contributed by atoms with Crippen LogP contribution in [0.4, 0.5) is 0 Å². The molecule has 0 aliphatic carbocycles. The fourth-order valence-electron chi connectivity index (χ4n) is 2.34. The topological polar surface area (TPSA) is 33.2 Å². The summed E-state index contributed by atoms with van der Waals surface area (Å²) in [6.45, 7) is 1.75. The Hall–Kier alpha value is -2.16. The van der Waals surface area contributed by atoms with Crippen molar-refractivity contribution in [3.05, 3.63) is 54.2 Å². The second-order valence-corrected chi connectivity index (χ2v) is 4.71. The molecule has 3 nitrogen and oxygen atoms in total. The number of carbonyl (C=O) groups excluding carboxylic acids is 1. The van der Waals surface area contributed by atoms with Crippen LogP contribution < -0.4 is 0 Å². The van der Waals surface area contributed by atoms with Gasteiger partial charge in [-0.1, -0.05) is 12.1 Å². The van der Waals surface area contributed by atoms with E-state index >= 15 is 0 Å². The SMILES string of the molecule is O=C(c1c[c]c(-c2ccccn2)cc1)N1CCCC1. The van der Waals surface area contributed by atoms with E-state index in [-0.39, 0.29) is 5.91 Å². The Labute approximate surface area is 112 Å². The summed E-state index contributed by atoms with van der Waals surface area (Å²) in [5.41, 5.74) is 2.50. The zero-order chi connectivity index (χ0) is 13.1. The van der Waals surface area contributed by atoms with E-state index in [2.05, 4.69) is 11.1 Å². The predicted octanol–water partition coefficient (Wildman–Crippen LogP) is 2.78. The summed E-state index contributed by atoms with van der Waals surface area (Å²) in [6, 6.07) is 14.5. The van der Waals surface area contributed by atoms with Crippen LogP contribution in [-0.2, 0) is 0 Å². The zero-order valence-electron chi connectivity index (χ0n) is 10.7. The molecule has 0 atom stereocenters. The van der Waals surface area contributed by atoms with E-state index in [4.69, 9.17) is 0 Å². The summed E-state index contributed by atoms with van der Waals surface area (Å²) in [5.74, 6) is 0.112. The maximum absolute atomic E-state index is 12.2. The minimum absolute atomic E-state index is 0.112. The molecule has 1 amide bonds. The molecule has 1 fully saturated rings. The predicted molar refractivity (Wildman–Crippen MR) is 73.6 cm³/mol. The molecule has 1 aliphatic rings. The summed E-state index contributed by atoms with van der Waals surface area (Å²) in [7, 11) is 0. The van der Waals surface area contributed by atoms with E-state index in [0.717, 1.165) is 37.2 Å². The molecule has 1 aromatic carbocycles. The molecule has 1 aliphatic heterocycles. The van der Waals surface area contributed by atoms with Gasteiger partial charge in [0.25, 0.3) is 5.91 Å². The summed E-state index contributed by atoms with van der Waals surface area (Å²) in [4.78, 5) is 18.4. The first-order valence-electron chi connectivity index (χ1n) is 6.57. The highest BCUT2D eigenvalue weighted by molar-refractivity contribution is 5.94. The zero-order valence-corrected chi connectivity index (χ0v) is 10.7. The minimum Gasteiger partial charge on any atom is -0.339 e. The van der Waals surface area contributed by atoms with Gasteiger partial charge in [0.05, 0.1) is 5.69 Å². The first-order valence-corrected chi connectivity index (χ1v) is 6.57. The highest BCUT2D eigenvalue weighted by atomic mass is 16.2. The van der Waals surface area contributed by atoms with Gasteiger partial charge >= 0.3 is 0 Å². The number of hydrogen-bond donors (Lipinski definition) is 0. The Bertz CT molecular complexity index is 557. The molecule has 19 heavy (non-hydrogen) atoms. The number of rotatable bonds is 2. The Morgan fingerprint density at radius 3 is 2.63 bits per heavy atom. The Balaban J connectivity index is 1.81. The molecular formula is C16H15N2O. The van der Waals surface area contributed by atoms with Crippen molar-refractivity contribution in [1.82, 2.24) is 9.88 Å². The lowest BCUT2D eigenvalue weighted by molar-refractivity contribution is 0.0793. The molecular weight excluding hydrogens is 236 g/mol. The van der Waals surface area contributed by atoms with Gasteiger partial charge in [-0.15, -0.1) is 0 Å². The number of nitrogens with zero attached hydrogens (tertiary/aromatic N) is 2. The van der Waals surface area contributed by atoms with Crippen LogP contribution in [0.2, 0.25) is 0 Å². The average Bonchev–Trinajstić information content (AvgIpc) is 3.02. The van der Waals surface area contributed by atoms with Crippen molar-refractivity contribution >= 4 is 5.91 Å². The van der Waals surface area contributed by atoms with E-state index in [1.165, 1.54) is 0 Å². The number of carbonyl (C=O) groups is 1. The molecule has 95 valence electrons. The summed E-state index contributed by atoms with van der Waals surface area (Å²) in [6.07, 6.45) is 3.98. The van der Waals surface area contributed by atoms with Crippen LogP contribution in [0.1, 0.15) is 23.2 Å². The number of pyridine rings is 1. The van der Waals surface area contributed by atoms with Gasteiger partial charge in [0.15, 0.2) is 0 Å². The van der Waals surface area contributed by atoms with Crippen LogP contribution in [0, 0.1) is 6.07 Å². The number of amides is 1. The standard InChI is InChI=1S/C16H15N2O/c19-16(18-11-3-4-12-18)14-8-6-13(7-9-14)15-5-1-2-10-17-15/h1-2,5-6,8-10H,3-4,11-12H2. The molecule has 0 saturated carbocycles. The number of benzene rings is 1. The summed E-state index contributed by atoms with van der Waals surface area (Å²) in [5, 5.41) is 0. The van der Waals surface area contributed by atoms with Crippen molar-refractivity contribution in [2.45, 2.75) is 12.8 Å². The van der Waals surface area contributed by atoms with E-state index < -0.39 is 0 Å². The Morgan fingerprint density at radius 2 is 2.00 bits per heavy atom. The lowest BCUT2D eigenvalue weighted by Gasteiger charge is -2.15. The third-order valence-corrected chi connectivity index (χ3v) is 3.39. The molecule has 1 saturated heterocycles. The summed E-state index contributed by atoms with van der Waals surface area (Å²) >= 11 is 0. The molecule has 0 N–H and O–H groups in total. The Kier molecular flexibility index (Phi) is 3.27. The molecule has 2 heterocycles. The van der Waals surface area contributed by atoms with Crippen molar-refractivity contribution in [3.63, 3.8) is 0 Å². The van der Waals surface area contributed by atoms with Crippen LogP contribution in [0.3, 0.4) is 0 Å². The van der Waals surface area contributed by atoms with Gasteiger partial charge in [0.1, 0.15) is 0 Å². The number of aromatic nitrogens is 1. The van der Waals surface area contributed by atoms with Gasteiger partial charge in [-0.25, -0.2) is 0 Å². The fraction of sp³-hybridized carbons (Fsp3) is 0.250. The molecule has 3 rings (SSSR count). The first kappa shape index (κ1) is 11.9. The van der Waals surface area contributed by atoms with Gasteiger partial charge in [-0.2, -0.15) is 0 Å². The minimum atomic E-state index is 0.112. The van der Waals surface area contributed by atoms with Gasteiger partial charge in [-0.3, -0.25) is 9.78 Å². The van der Waals surface area contributed by atoms with Gasteiger partial charge < -0.3 is 4.90 Å². The lowest BCUT2D eigenvalue weighted by Crippen LogP contribution is -2.27. The van der Waals surface area contributed by atoms with Crippen LogP contribution in [-0.4, -0.2) is 28.9 Å². The molecule has 1 aromatic heterocycles. The van der Waals surface area contributed by atoms with E-state index in [1.54, 1.807) is 12.3 Å². The number of hydrogen-bond acceptors (Lipinski definition) is 2. The highest BCUT2D eigenvalue weighted by Gasteiger charge is 2.19. The first-order chi connectivity index (χ1) is 9.34. The van der Waals surface area contributed by atoms with Gasteiger partial charge in [-0.05, 0) is 43.2 Å². The molecule has 1 radical (unpaired) electrons. The molecule has 0 unspecified atom stereocenters. The maximum atomic E-state index is 12.2. The second kappa shape index (κ2) is 5.22. The van der Waals surface area contributed by atoms with E-state index in [9.17, 15) is 4.79 Å². The van der Waals surface area contributed by atoms with Crippen molar-refractivity contribution in [2.75, 3.05) is 13.1 Å². The largest absolute Gasteiger partial charge is 0.339 e.